The van der Waals surface area contributed by atoms with Gasteiger partial charge in [0.2, 0.25) is 26.0 Å². The summed E-state index contributed by atoms with van der Waals surface area (Å²) in [5.74, 6) is -0.123. The molecule has 10 nitrogen and oxygen atoms in total. The number of rotatable bonds is 9. The van der Waals surface area contributed by atoms with Crippen molar-refractivity contribution in [2.45, 2.75) is 17.7 Å². The molecule has 1 heterocycles. The van der Waals surface area contributed by atoms with Crippen molar-refractivity contribution in [3.8, 4) is 11.5 Å². The Bertz CT molecular complexity index is 1280. The summed E-state index contributed by atoms with van der Waals surface area (Å²) >= 11 is 6.12. The van der Waals surface area contributed by atoms with Gasteiger partial charge in [0.15, 0.2) is 0 Å². The van der Waals surface area contributed by atoms with Crippen molar-refractivity contribution in [3.63, 3.8) is 0 Å². The number of anilines is 2. The molecule has 1 aliphatic heterocycles. The molecule has 1 fully saturated rings. The van der Waals surface area contributed by atoms with Gasteiger partial charge in [-0.3, -0.25) is 9.10 Å². The maximum absolute atomic E-state index is 12.9. The van der Waals surface area contributed by atoms with Gasteiger partial charge in [0.1, 0.15) is 18.0 Å². The standard InChI is InChI=1S/C21H26ClN3O7S2/c1-31-19-8-6-15(12-17(19)22)25(33(3,27)28)14-21(26)23-18-13-16(7-9-20(18)32-2)34(29,30)24-10-4-5-11-24/h6-9,12-13H,4-5,10-11,14H2,1-3H3,(H,23,26). The van der Waals surface area contributed by atoms with E-state index in [2.05, 4.69) is 5.32 Å². The first kappa shape index (κ1) is 26.1. The number of carbonyl (C=O) groups is 1. The van der Waals surface area contributed by atoms with E-state index in [0.29, 0.717) is 18.8 Å². The van der Waals surface area contributed by atoms with Crippen molar-refractivity contribution < 1.29 is 31.1 Å². The molecule has 0 atom stereocenters. The topological polar surface area (TPSA) is 122 Å². The van der Waals surface area contributed by atoms with E-state index in [1.54, 1.807) is 0 Å². The number of nitrogens with zero attached hydrogens (tertiary/aromatic N) is 2. The first-order valence-corrected chi connectivity index (χ1v) is 13.9. The molecule has 0 aliphatic carbocycles. The van der Waals surface area contributed by atoms with Crippen molar-refractivity contribution in [1.29, 1.82) is 0 Å². The minimum absolute atomic E-state index is 0.00686. The lowest BCUT2D eigenvalue weighted by Crippen LogP contribution is -2.37. The lowest BCUT2D eigenvalue weighted by molar-refractivity contribution is -0.114. The van der Waals surface area contributed by atoms with Gasteiger partial charge >= 0.3 is 0 Å². The number of ether oxygens (including phenoxy) is 2. The van der Waals surface area contributed by atoms with Crippen LogP contribution in [0.4, 0.5) is 11.4 Å². The molecule has 2 aromatic rings. The number of methoxy groups -OCH3 is 2. The number of halogens is 1. The average molecular weight is 532 g/mol. The lowest BCUT2D eigenvalue weighted by Gasteiger charge is -2.23. The number of sulfonamides is 2. The van der Waals surface area contributed by atoms with Crippen molar-refractivity contribution in [2.75, 3.05) is 49.7 Å². The minimum Gasteiger partial charge on any atom is -0.495 e. The fourth-order valence-corrected chi connectivity index (χ4v) is 6.20. The molecular weight excluding hydrogens is 506 g/mol. The fraction of sp³-hybridized carbons (Fsp3) is 0.381. The van der Waals surface area contributed by atoms with Gasteiger partial charge in [0, 0.05) is 13.1 Å². The Morgan fingerprint density at radius 2 is 1.65 bits per heavy atom. The summed E-state index contributed by atoms with van der Waals surface area (Å²) in [6, 6.07) is 8.48. The molecule has 1 amide bonds. The smallest absolute Gasteiger partial charge is 0.245 e. The Hall–Kier alpha value is -2.54. The van der Waals surface area contributed by atoms with Crippen LogP contribution in [-0.4, -0.2) is 67.2 Å². The summed E-state index contributed by atoms with van der Waals surface area (Å²) in [7, 11) is -4.79. The highest BCUT2D eigenvalue weighted by molar-refractivity contribution is 7.92. The van der Waals surface area contributed by atoms with Crippen molar-refractivity contribution in [1.82, 2.24) is 4.31 Å². The third-order valence-corrected chi connectivity index (χ3v) is 8.59. The Morgan fingerprint density at radius 1 is 1.03 bits per heavy atom. The van der Waals surface area contributed by atoms with E-state index in [-0.39, 0.29) is 27.0 Å². The van der Waals surface area contributed by atoms with Crippen LogP contribution in [0.25, 0.3) is 0 Å². The monoisotopic (exact) mass is 531 g/mol. The second-order valence-corrected chi connectivity index (χ2v) is 11.9. The normalized spacial score (nSPS) is 14.6. The van der Waals surface area contributed by atoms with Gasteiger partial charge in [-0.2, -0.15) is 4.31 Å². The molecule has 1 N–H and O–H groups in total. The van der Waals surface area contributed by atoms with Crippen LogP contribution in [0.3, 0.4) is 0 Å². The Kier molecular flexibility index (Phi) is 7.96. The van der Waals surface area contributed by atoms with E-state index in [1.165, 1.54) is 54.9 Å². The molecule has 3 rings (SSSR count). The first-order chi connectivity index (χ1) is 16.0. The van der Waals surface area contributed by atoms with Gasteiger partial charge in [-0.05, 0) is 49.2 Å². The number of hydrogen-bond acceptors (Lipinski definition) is 7. The summed E-state index contributed by atoms with van der Waals surface area (Å²) in [6.45, 7) is 0.293. The highest BCUT2D eigenvalue weighted by Gasteiger charge is 2.28. The van der Waals surface area contributed by atoms with Crippen LogP contribution in [0.2, 0.25) is 5.02 Å². The SMILES string of the molecule is COc1ccc(N(CC(=O)Nc2cc(S(=O)(=O)N3CCCC3)ccc2OC)S(C)(=O)=O)cc1Cl. The van der Waals surface area contributed by atoms with Crippen LogP contribution >= 0.6 is 11.6 Å². The molecule has 2 aromatic carbocycles. The number of nitrogens with one attached hydrogen (secondary N) is 1. The second-order valence-electron chi connectivity index (χ2n) is 7.61. The molecule has 0 aromatic heterocycles. The zero-order chi connectivity index (χ0) is 25.1. The summed E-state index contributed by atoms with van der Waals surface area (Å²) in [6.07, 6.45) is 2.54. The molecule has 1 saturated heterocycles. The van der Waals surface area contributed by atoms with Crippen molar-refractivity contribution in [3.05, 3.63) is 41.4 Å². The summed E-state index contributed by atoms with van der Waals surface area (Å²) < 4.78 is 63.2. The fourth-order valence-electron chi connectivity index (χ4n) is 3.55. The Balaban J connectivity index is 1.88. The van der Waals surface area contributed by atoms with Crippen LogP contribution in [0.1, 0.15) is 12.8 Å². The van der Waals surface area contributed by atoms with E-state index < -0.39 is 32.5 Å². The predicted octanol–water partition coefficient (Wildman–Crippen LogP) is 2.55. The molecule has 1 aliphatic rings. The number of carbonyl (C=O) groups excluding carboxylic acids is 1. The highest BCUT2D eigenvalue weighted by Crippen LogP contribution is 2.32. The number of benzene rings is 2. The van der Waals surface area contributed by atoms with Crippen LogP contribution in [-0.2, 0) is 24.8 Å². The van der Waals surface area contributed by atoms with E-state index in [0.717, 1.165) is 23.4 Å². The van der Waals surface area contributed by atoms with Gasteiger partial charge in [0.05, 0.1) is 41.8 Å². The molecule has 13 heteroatoms. The molecule has 186 valence electrons. The van der Waals surface area contributed by atoms with Crippen molar-refractivity contribution >= 4 is 48.9 Å². The predicted molar refractivity (Wildman–Crippen MR) is 130 cm³/mol. The molecule has 34 heavy (non-hydrogen) atoms. The molecular formula is C21H26ClN3O7S2. The van der Waals surface area contributed by atoms with Crippen LogP contribution in [0.5, 0.6) is 11.5 Å². The third kappa shape index (κ3) is 5.74. The average Bonchev–Trinajstić information content (AvgIpc) is 3.32. The van der Waals surface area contributed by atoms with E-state index in [1.807, 2.05) is 0 Å². The summed E-state index contributed by atoms with van der Waals surface area (Å²) in [4.78, 5) is 12.9. The third-order valence-electron chi connectivity index (χ3n) is 5.26. The molecule has 0 saturated carbocycles. The largest absolute Gasteiger partial charge is 0.495 e. The summed E-state index contributed by atoms with van der Waals surface area (Å²) in [5.41, 5.74) is 0.273. The van der Waals surface area contributed by atoms with E-state index in [9.17, 15) is 21.6 Å². The Labute approximate surface area is 204 Å². The number of amides is 1. The Morgan fingerprint density at radius 3 is 2.21 bits per heavy atom. The first-order valence-electron chi connectivity index (χ1n) is 10.3. The van der Waals surface area contributed by atoms with Gasteiger partial charge in [-0.25, -0.2) is 16.8 Å². The quantitative estimate of drug-likeness (QED) is 0.527. The lowest BCUT2D eigenvalue weighted by atomic mass is 10.2. The molecule has 0 spiro atoms. The van der Waals surface area contributed by atoms with Gasteiger partial charge in [0.25, 0.3) is 0 Å². The summed E-state index contributed by atoms with van der Waals surface area (Å²) in [5, 5.41) is 2.74. The van der Waals surface area contributed by atoms with E-state index >= 15 is 0 Å². The second kappa shape index (κ2) is 10.4. The molecule has 0 radical (unpaired) electrons. The molecule has 0 unspecified atom stereocenters. The highest BCUT2D eigenvalue weighted by atomic mass is 35.5. The minimum atomic E-state index is -3.86. The number of hydrogen-bond donors (Lipinski definition) is 1. The maximum Gasteiger partial charge on any atom is 0.245 e. The van der Waals surface area contributed by atoms with Crippen LogP contribution in [0, 0.1) is 0 Å². The van der Waals surface area contributed by atoms with E-state index in [4.69, 9.17) is 21.1 Å². The van der Waals surface area contributed by atoms with Gasteiger partial charge < -0.3 is 14.8 Å². The maximum atomic E-state index is 12.9. The van der Waals surface area contributed by atoms with Crippen molar-refractivity contribution in [2.24, 2.45) is 0 Å². The van der Waals surface area contributed by atoms with Crippen LogP contribution in [0.15, 0.2) is 41.3 Å². The van der Waals surface area contributed by atoms with Gasteiger partial charge in [-0.15, -0.1) is 0 Å². The van der Waals surface area contributed by atoms with Crippen LogP contribution < -0.4 is 19.1 Å². The zero-order valence-corrected chi connectivity index (χ0v) is 21.3. The molecule has 0 bridgehead atoms. The zero-order valence-electron chi connectivity index (χ0n) is 18.9. The van der Waals surface area contributed by atoms with Gasteiger partial charge in [-0.1, -0.05) is 11.6 Å².